The van der Waals surface area contributed by atoms with E-state index in [1.807, 2.05) is 0 Å². The Kier molecular flexibility index (Phi) is 4.20. The van der Waals surface area contributed by atoms with Gasteiger partial charge in [0.2, 0.25) is 5.91 Å². The van der Waals surface area contributed by atoms with Crippen molar-refractivity contribution in [1.29, 1.82) is 0 Å². The third-order valence-electron chi connectivity index (χ3n) is 3.69. The number of benzene rings is 1. The number of nitrogens with two attached hydrogens (primary N) is 1. The molecule has 0 spiro atoms. The number of carbonyl (C=O) groups is 1. The van der Waals surface area contributed by atoms with Crippen LogP contribution in [0, 0.1) is 11.8 Å². The predicted molar refractivity (Wildman–Crippen MR) is 71.2 cm³/mol. The fourth-order valence-corrected chi connectivity index (χ4v) is 2.45. The Bertz CT molecular complexity index is 395. The highest BCUT2D eigenvalue weighted by Crippen LogP contribution is 2.29. The first-order chi connectivity index (χ1) is 8.69. The lowest BCUT2D eigenvalue weighted by atomic mass is 9.81. The largest absolute Gasteiger partial charge is 0.508 e. The lowest BCUT2D eigenvalue weighted by molar-refractivity contribution is -0.121. The highest BCUT2D eigenvalue weighted by atomic mass is 16.3. The van der Waals surface area contributed by atoms with Crippen LogP contribution in [0.25, 0.3) is 0 Å². The summed E-state index contributed by atoms with van der Waals surface area (Å²) in [5, 5.41) is 12.1. The van der Waals surface area contributed by atoms with E-state index in [-0.39, 0.29) is 17.6 Å². The van der Waals surface area contributed by atoms with Gasteiger partial charge in [0.05, 0.1) is 0 Å². The zero-order valence-corrected chi connectivity index (χ0v) is 10.4. The second kappa shape index (κ2) is 5.87. The minimum Gasteiger partial charge on any atom is -0.508 e. The summed E-state index contributed by atoms with van der Waals surface area (Å²) in [6.07, 6.45) is 3.94. The standard InChI is InChI=1S/C14H20N2O2/c15-9-10-1-3-11(4-2-10)14(18)16-12-5-7-13(17)8-6-12/h5-8,10-11,17H,1-4,9,15H2,(H,16,18). The summed E-state index contributed by atoms with van der Waals surface area (Å²) in [6.45, 7) is 0.728. The lowest BCUT2D eigenvalue weighted by Crippen LogP contribution is -2.29. The van der Waals surface area contributed by atoms with E-state index in [1.165, 1.54) is 0 Å². The maximum atomic E-state index is 12.0. The molecular formula is C14H20N2O2. The molecule has 0 aromatic heterocycles. The zero-order chi connectivity index (χ0) is 13.0. The van der Waals surface area contributed by atoms with E-state index in [0.29, 0.717) is 5.92 Å². The van der Waals surface area contributed by atoms with E-state index < -0.39 is 0 Å². The summed E-state index contributed by atoms with van der Waals surface area (Å²) in [4.78, 5) is 12.0. The predicted octanol–water partition coefficient (Wildman–Crippen LogP) is 2.10. The van der Waals surface area contributed by atoms with Crippen LogP contribution in [-0.2, 0) is 4.79 Å². The van der Waals surface area contributed by atoms with Crippen LogP contribution in [0.1, 0.15) is 25.7 Å². The molecule has 0 radical (unpaired) electrons. The molecule has 4 nitrogen and oxygen atoms in total. The summed E-state index contributed by atoms with van der Waals surface area (Å²) in [6, 6.07) is 6.55. The van der Waals surface area contributed by atoms with Crippen LogP contribution < -0.4 is 11.1 Å². The normalized spacial score (nSPS) is 23.6. The molecule has 0 bridgehead atoms. The average Bonchev–Trinajstić information content (AvgIpc) is 2.41. The lowest BCUT2D eigenvalue weighted by Gasteiger charge is -2.26. The molecule has 2 rings (SSSR count). The number of anilines is 1. The molecule has 0 heterocycles. The third kappa shape index (κ3) is 3.23. The molecule has 1 aliphatic rings. The monoisotopic (exact) mass is 248 g/mol. The molecule has 4 N–H and O–H groups in total. The molecule has 1 fully saturated rings. The van der Waals surface area contributed by atoms with Gasteiger partial charge in [-0.25, -0.2) is 0 Å². The number of rotatable bonds is 3. The van der Waals surface area contributed by atoms with Crippen LogP contribution in [0.4, 0.5) is 5.69 Å². The second-order valence-corrected chi connectivity index (χ2v) is 4.99. The SMILES string of the molecule is NCC1CCC(C(=O)Nc2ccc(O)cc2)CC1. The molecule has 18 heavy (non-hydrogen) atoms. The van der Waals surface area contributed by atoms with E-state index in [1.54, 1.807) is 24.3 Å². The molecule has 0 atom stereocenters. The van der Waals surface area contributed by atoms with Gasteiger partial charge in [-0.05, 0) is 62.4 Å². The van der Waals surface area contributed by atoms with Gasteiger partial charge in [0.1, 0.15) is 5.75 Å². The van der Waals surface area contributed by atoms with Crippen LogP contribution in [0.3, 0.4) is 0 Å². The van der Waals surface area contributed by atoms with Crippen molar-refractivity contribution in [2.75, 3.05) is 11.9 Å². The fourth-order valence-electron chi connectivity index (χ4n) is 2.45. The Morgan fingerprint density at radius 1 is 1.22 bits per heavy atom. The van der Waals surface area contributed by atoms with Gasteiger partial charge in [-0.2, -0.15) is 0 Å². The Balaban J connectivity index is 1.87. The van der Waals surface area contributed by atoms with Gasteiger partial charge in [0, 0.05) is 11.6 Å². The van der Waals surface area contributed by atoms with E-state index >= 15 is 0 Å². The number of carbonyl (C=O) groups excluding carboxylic acids is 1. The highest BCUT2D eigenvalue weighted by molar-refractivity contribution is 5.92. The second-order valence-electron chi connectivity index (χ2n) is 4.99. The quantitative estimate of drug-likeness (QED) is 0.717. The molecule has 4 heteroatoms. The Morgan fingerprint density at radius 3 is 2.39 bits per heavy atom. The van der Waals surface area contributed by atoms with Gasteiger partial charge in [-0.3, -0.25) is 4.79 Å². The topological polar surface area (TPSA) is 75.4 Å². The number of amides is 1. The van der Waals surface area contributed by atoms with Crippen LogP contribution >= 0.6 is 0 Å². The van der Waals surface area contributed by atoms with Crippen molar-refractivity contribution in [2.24, 2.45) is 17.6 Å². The third-order valence-corrected chi connectivity index (χ3v) is 3.69. The van der Waals surface area contributed by atoms with Gasteiger partial charge in [-0.15, -0.1) is 0 Å². The number of aromatic hydroxyl groups is 1. The van der Waals surface area contributed by atoms with Crippen molar-refractivity contribution in [3.05, 3.63) is 24.3 Å². The number of hydrogen-bond donors (Lipinski definition) is 3. The summed E-state index contributed by atoms with van der Waals surface area (Å²) in [7, 11) is 0. The first-order valence-corrected chi connectivity index (χ1v) is 6.49. The Hall–Kier alpha value is -1.55. The first kappa shape index (κ1) is 12.9. The molecule has 1 aromatic carbocycles. The number of phenolic OH excluding ortho intramolecular Hbond substituents is 1. The van der Waals surface area contributed by atoms with Gasteiger partial charge in [-0.1, -0.05) is 0 Å². The first-order valence-electron chi connectivity index (χ1n) is 6.49. The van der Waals surface area contributed by atoms with E-state index in [0.717, 1.165) is 37.9 Å². The maximum Gasteiger partial charge on any atom is 0.227 e. The minimum absolute atomic E-state index is 0.0798. The number of hydrogen-bond acceptors (Lipinski definition) is 3. The van der Waals surface area contributed by atoms with Crippen LogP contribution in [0.15, 0.2) is 24.3 Å². The van der Waals surface area contributed by atoms with Crippen molar-refractivity contribution >= 4 is 11.6 Å². The minimum atomic E-state index is 0.0798. The van der Waals surface area contributed by atoms with Gasteiger partial charge >= 0.3 is 0 Å². The molecule has 0 unspecified atom stereocenters. The molecular weight excluding hydrogens is 228 g/mol. The van der Waals surface area contributed by atoms with E-state index in [9.17, 15) is 9.90 Å². The van der Waals surface area contributed by atoms with Gasteiger partial charge in [0.15, 0.2) is 0 Å². The zero-order valence-electron chi connectivity index (χ0n) is 10.4. The van der Waals surface area contributed by atoms with Crippen molar-refractivity contribution in [1.82, 2.24) is 0 Å². The van der Waals surface area contributed by atoms with Gasteiger partial charge in [0.25, 0.3) is 0 Å². The molecule has 98 valence electrons. The molecule has 1 saturated carbocycles. The van der Waals surface area contributed by atoms with Crippen molar-refractivity contribution in [3.63, 3.8) is 0 Å². The van der Waals surface area contributed by atoms with Crippen LogP contribution in [0.2, 0.25) is 0 Å². The fraction of sp³-hybridized carbons (Fsp3) is 0.500. The number of nitrogens with one attached hydrogen (secondary N) is 1. The van der Waals surface area contributed by atoms with Crippen molar-refractivity contribution < 1.29 is 9.90 Å². The smallest absolute Gasteiger partial charge is 0.227 e. The van der Waals surface area contributed by atoms with Gasteiger partial charge < -0.3 is 16.2 Å². The molecule has 0 saturated heterocycles. The van der Waals surface area contributed by atoms with Crippen LogP contribution in [-0.4, -0.2) is 17.6 Å². The Morgan fingerprint density at radius 2 is 1.83 bits per heavy atom. The summed E-state index contributed by atoms with van der Waals surface area (Å²) >= 11 is 0. The number of phenols is 1. The highest BCUT2D eigenvalue weighted by Gasteiger charge is 2.25. The molecule has 1 amide bonds. The Labute approximate surface area is 107 Å². The van der Waals surface area contributed by atoms with E-state index in [4.69, 9.17) is 5.73 Å². The summed E-state index contributed by atoms with van der Waals surface area (Å²) < 4.78 is 0. The van der Waals surface area contributed by atoms with E-state index in [2.05, 4.69) is 5.32 Å². The van der Waals surface area contributed by atoms with Crippen molar-refractivity contribution in [2.45, 2.75) is 25.7 Å². The molecule has 1 aromatic rings. The average molecular weight is 248 g/mol. The molecule has 1 aliphatic carbocycles. The summed E-state index contributed by atoms with van der Waals surface area (Å²) in [5.41, 5.74) is 6.37. The maximum absolute atomic E-state index is 12.0. The van der Waals surface area contributed by atoms with Crippen LogP contribution in [0.5, 0.6) is 5.75 Å². The van der Waals surface area contributed by atoms with Crippen molar-refractivity contribution in [3.8, 4) is 5.75 Å². The molecule has 0 aliphatic heterocycles. The summed E-state index contributed by atoms with van der Waals surface area (Å²) in [5.74, 6) is 0.969.